The van der Waals surface area contributed by atoms with Crippen LogP contribution in [-0.4, -0.2) is 24.7 Å². The summed E-state index contributed by atoms with van der Waals surface area (Å²) in [5.74, 6) is 1.56. The van der Waals surface area contributed by atoms with Crippen molar-refractivity contribution in [2.75, 3.05) is 5.32 Å². The van der Waals surface area contributed by atoms with Crippen LogP contribution in [0.15, 0.2) is 17.8 Å². The molecule has 0 aliphatic carbocycles. The summed E-state index contributed by atoms with van der Waals surface area (Å²) >= 11 is 1.65. The van der Waals surface area contributed by atoms with E-state index in [4.69, 9.17) is 0 Å². The molecule has 7 heteroatoms. The van der Waals surface area contributed by atoms with Crippen LogP contribution in [0.25, 0.3) is 11.0 Å². The number of nitrogens with one attached hydrogen (secondary N) is 1. The minimum Gasteiger partial charge on any atom is -0.360 e. The lowest BCUT2D eigenvalue weighted by Gasteiger charge is -2.15. The summed E-state index contributed by atoms with van der Waals surface area (Å²) in [6, 6.07) is 0.160. The van der Waals surface area contributed by atoms with Crippen molar-refractivity contribution in [1.29, 1.82) is 0 Å². The van der Waals surface area contributed by atoms with E-state index in [0.29, 0.717) is 0 Å². The van der Waals surface area contributed by atoms with Crippen molar-refractivity contribution in [3.63, 3.8) is 0 Å². The molecular weight excluding hydrogens is 272 g/mol. The molecule has 0 spiro atoms. The Morgan fingerprint density at radius 3 is 2.95 bits per heavy atom. The first kappa shape index (κ1) is 13.0. The van der Waals surface area contributed by atoms with Crippen molar-refractivity contribution >= 4 is 28.2 Å². The molecular formula is C13H16N6S. The zero-order chi connectivity index (χ0) is 14.1. The van der Waals surface area contributed by atoms with Crippen LogP contribution in [0.2, 0.25) is 0 Å². The topological polar surface area (TPSA) is 68.5 Å². The quantitative estimate of drug-likeness (QED) is 0.799. The second-order valence-corrected chi connectivity index (χ2v) is 5.53. The molecule has 0 fully saturated rings. The third-order valence-electron chi connectivity index (χ3n) is 3.17. The summed E-state index contributed by atoms with van der Waals surface area (Å²) in [4.78, 5) is 13.3. The van der Waals surface area contributed by atoms with Gasteiger partial charge in [0.15, 0.2) is 5.65 Å². The number of hydrogen-bond donors (Lipinski definition) is 1. The van der Waals surface area contributed by atoms with Gasteiger partial charge in [-0.1, -0.05) is 6.92 Å². The van der Waals surface area contributed by atoms with Gasteiger partial charge in [-0.2, -0.15) is 5.10 Å². The third-order valence-corrected chi connectivity index (χ3v) is 4.06. The third kappa shape index (κ3) is 2.24. The van der Waals surface area contributed by atoms with Crippen molar-refractivity contribution in [3.05, 3.63) is 28.6 Å². The van der Waals surface area contributed by atoms with Gasteiger partial charge in [0.05, 0.1) is 17.6 Å². The van der Waals surface area contributed by atoms with Crippen molar-refractivity contribution in [3.8, 4) is 0 Å². The normalized spacial score (nSPS) is 12.8. The van der Waals surface area contributed by atoms with Gasteiger partial charge in [-0.05, 0) is 13.3 Å². The number of rotatable bonds is 4. The highest BCUT2D eigenvalue weighted by Crippen LogP contribution is 2.27. The van der Waals surface area contributed by atoms with Gasteiger partial charge in [-0.3, -0.25) is 4.68 Å². The number of nitrogens with zero attached hydrogens (tertiary/aromatic N) is 5. The molecule has 0 saturated heterocycles. The molecule has 1 atom stereocenters. The Bertz CT molecular complexity index is 718. The number of thiazole rings is 1. The van der Waals surface area contributed by atoms with Gasteiger partial charge in [-0.25, -0.2) is 15.0 Å². The fraction of sp³-hybridized carbons (Fsp3) is 0.385. The smallest absolute Gasteiger partial charge is 0.163 e. The zero-order valence-electron chi connectivity index (χ0n) is 11.7. The molecule has 104 valence electrons. The Hall–Kier alpha value is -2.02. The molecule has 0 aliphatic rings. The van der Waals surface area contributed by atoms with Gasteiger partial charge in [-0.15, -0.1) is 11.3 Å². The molecule has 3 aromatic rings. The molecule has 3 rings (SSSR count). The molecule has 3 heterocycles. The van der Waals surface area contributed by atoms with Gasteiger partial charge in [0, 0.05) is 18.6 Å². The second-order valence-electron chi connectivity index (χ2n) is 4.60. The van der Waals surface area contributed by atoms with Crippen LogP contribution < -0.4 is 5.32 Å². The van der Waals surface area contributed by atoms with E-state index in [9.17, 15) is 0 Å². The van der Waals surface area contributed by atoms with Crippen molar-refractivity contribution in [1.82, 2.24) is 24.7 Å². The van der Waals surface area contributed by atoms with E-state index in [2.05, 4.69) is 32.3 Å². The van der Waals surface area contributed by atoms with E-state index < -0.39 is 0 Å². The van der Waals surface area contributed by atoms with Crippen molar-refractivity contribution < 1.29 is 0 Å². The summed E-state index contributed by atoms with van der Waals surface area (Å²) < 4.78 is 1.76. The van der Waals surface area contributed by atoms with E-state index >= 15 is 0 Å². The minimum atomic E-state index is 0.160. The maximum Gasteiger partial charge on any atom is 0.163 e. The van der Waals surface area contributed by atoms with Gasteiger partial charge < -0.3 is 5.32 Å². The highest BCUT2D eigenvalue weighted by molar-refractivity contribution is 7.09. The molecule has 1 N–H and O–H groups in total. The largest absolute Gasteiger partial charge is 0.360 e. The lowest BCUT2D eigenvalue weighted by atomic mass is 10.2. The van der Waals surface area contributed by atoms with E-state index in [-0.39, 0.29) is 6.04 Å². The van der Waals surface area contributed by atoms with Crippen molar-refractivity contribution in [2.45, 2.75) is 26.3 Å². The number of aryl methyl sites for hydroxylation is 2. The highest BCUT2D eigenvalue weighted by atomic mass is 32.1. The number of aromatic nitrogens is 5. The van der Waals surface area contributed by atoms with Crippen LogP contribution in [-0.2, 0) is 7.05 Å². The van der Waals surface area contributed by atoms with Gasteiger partial charge >= 0.3 is 0 Å². The van der Waals surface area contributed by atoms with Crippen LogP contribution in [0, 0.1) is 6.92 Å². The fourth-order valence-electron chi connectivity index (χ4n) is 2.15. The van der Waals surface area contributed by atoms with Crippen LogP contribution in [0.4, 0.5) is 5.82 Å². The van der Waals surface area contributed by atoms with E-state index in [1.54, 1.807) is 22.2 Å². The Morgan fingerprint density at radius 1 is 1.40 bits per heavy atom. The standard InChI is InChI=1S/C13H16N6S/c1-4-10(13-14-5-6-20-13)18-11-9-7-15-19(3)12(9)17-8(2)16-11/h5-7,10H,4H2,1-3H3,(H,16,17,18)/t10-/m0/s1. The number of hydrogen-bond acceptors (Lipinski definition) is 6. The lowest BCUT2D eigenvalue weighted by molar-refractivity contribution is 0.737. The summed E-state index contributed by atoms with van der Waals surface area (Å²) in [6.45, 7) is 4.02. The molecule has 0 bridgehead atoms. The monoisotopic (exact) mass is 288 g/mol. The SMILES string of the molecule is CC[C@H](Nc1nc(C)nc2c1cnn2C)c1nccs1. The summed E-state index contributed by atoms with van der Waals surface area (Å²) in [5, 5.41) is 11.7. The van der Waals surface area contributed by atoms with E-state index in [1.807, 2.05) is 25.5 Å². The first-order chi connectivity index (χ1) is 9.69. The summed E-state index contributed by atoms with van der Waals surface area (Å²) in [7, 11) is 1.89. The average Bonchev–Trinajstić information content (AvgIpc) is 3.07. The Morgan fingerprint density at radius 2 is 2.25 bits per heavy atom. The average molecular weight is 288 g/mol. The molecule has 20 heavy (non-hydrogen) atoms. The van der Waals surface area contributed by atoms with Gasteiger partial charge in [0.2, 0.25) is 0 Å². The molecule has 0 radical (unpaired) electrons. The minimum absolute atomic E-state index is 0.160. The highest BCUT2D eigenvalue weighted by Gasteiger charge is 2.16. The Balaban J connectivity index is 2.01. The molecule has 0 aromatic carbocycles. The first-order valence-electron chi connectivity index (χ1n) is 6.51. The van der Waals surface area contributed by atoms with Crippen molar-refractivity contribution in [2.24, 2.45) is 7.05 Å². The fourth-order valence-corrected chi connectivity index (χ4v) is 2.92. The predicted molar refractivity (Wildman–Crippen MR) is 79.8 cm³/mol. The maximum atomic E-state index is 4.51. The summed E-state index contributed by atoms with van der Waals surface area (Å²) in [6.07, 6.45) is 4.57. The van der Waals surface area contributed by atoms with Crippen LogP contribution >= 0.6 is 11.3 Å². The van der Waals surface area contributed by atoms with Gasteiger partial charge in [0.25, 0.3) is 0 Å². The number of anilines is 1. The Kier molecular flexibility index (Phi) is 3.35. The van der Waals surface area contributed by atoms with Crippen LogP contribution in [0.3, 0.4) is 0 Å². The zero-order valence-corrected chi connectivity index (χ0v) is 12.5. The van der Waals surface area contributed by atoms with E-state index in [0.717, 1.165) is 34.1 Å². The maximum absolute atomic E-state index is 4.51. The lowest BCUT2D eigenvalue weighted by Crippen LogP contribution is -2.11. The summed E-state index contributed by atoms with van der Waals surface area (Å²) in [5.41, 5.74) is 0.842. The molecule has 6 nitrogen and oxygen atoms in total. The molecule has 0 amide bonds. The van der Waals surface area contributed by atoms with Gasteiger partial charge in [0.1, 0.15) is 16.6 Å². The molecule has 0 saturated carbocycles. The van der Waals surface area contributed by atoms with E-state index in [1.165, 1.54) is 0 Å². The first-order valence-corrected chi connectivity index (χ1v) is 7.39. The molecule has 0 unspecified atom stereocenters. The van der Waals surface area contributed by atoms with Crippen LogP contribution in [0.1, 0.15) is 30.2 Å². The Labute approximate surface area is 120 Å². The second kappa shape index (κ2) is 5.16. The molecule has 0 aliphatic heterocycles. The van der Waals surface area contributed by atoms with Crippen LogP contribution in [0.5, 0.6) is 0 Å². The predicted octanol–water partition coefficient (Wildman–Crippen LogP) is 2.69. The number of fused-ring (bicyclic) bond motifs is 1. The molecule has 3 aromatic heterocycles.